The Morgan fingerprint density at radius 3 is 1.62 bits per heavy atom. The van der Waals surface area contributed by atoms with Gasteiger partial charge in [-0.2, -0.15) is 0 Å². The third-order valence-corrected chi connectivity index (χ3v) is 5.16. The lowest BCUT2D eigenvalue weighted by atomic mass is 10.1. The fourth-order valence-corrected chi connectivity index (χ4v) is 3.88. The molecule has 0 spiro atoms. The minimum Gasteiger partial charge on any atom is -0.326 e. The van der Waals surface area contributed by atoms with Crippen LogP contribution in [0.2, 0.25) is 0 Å². The number of para-hydroxylation sites is 2. The topological polar surface area (TPSA) is 9.86 Å². The minimum atomic E-state index is 0.192. The Bertz CT molecular complexity index is 1090. The van der Waals surface area contributed by atoms with Crippen molar-refractivity contribution in [3.63, 3.8) is 0 Å². The summed E-state index contributed by atoms with van der Waals surface area (Å²) in [4.78, 5) is 0. The predicted octanol–water partition coefficient (Wildman–Crippen LogP) is 5.89. The number of nitrogens with zero attached hydrogens (tertiary/aromatic N) is 2. The summed E-state index contributed by atoms with van der Waals surface area (Å²) in [5.74, 6) is 0. The SMILES string of the molecule is c1ccc(CC(n2ccc3ccccc32)n2ccc3ccccc32)cc1. The van der Waals surface area contributed by atoms with Crippen LogP contribution in [0.15, 0.2) is 103 Å². The molecule has 0 bridgehead atoms. The number of aromatic nitrogens is 2. The first kappa shape index (κ1) is 15.0. The van der Waals surface area contributed by atoms with E-state index in [0.717, 1.165) is 6.42 Å². The van der Waals surface area contributed by atoms with E-state index >= 15 is 0 Å². The van der Waals surface area contributed by atoms with E-state index in [1.54, 1.807) is 0 Å². The summed E-state index contributed by atoms with van der Waals surface area (Å²) >= 11 is 0. The van der Waals surface area contributed by atoms with E-state index in [9.17, 15) is 0 Å². The normalized spacial score (nSPS) is 11.6. The molecule has 0 aliphatic carbocycles. The smallest absolute Gasteiger partial charge is 0.114 e. The minimum absolute atomic E-state index is 0.192. The molecule has 0 aliphatic rings. The van der Waals surface area contributed by atoms with Gasteiger partial charge in [-0.1, -0.05) is 66.7 Å². The van der Waals surface area contributed by atoms with Crippen molar-refractivity contribution in [2.45, 2.75) is 12.6 Å². The molecule has 0 unspecified atom stereocenters. The van der Waals surface area contributed by atoms with Crippen LogP contribution in [0.1, 0.15) is 11.7 Å². The van der Waals surface area contributed by atoms with Crippen molar-refractivity contribution < 1.29 is 0 Å². The molecular weight excluding hydrogens is 316 g/mol. The van der Waals surface area contributed by atoms with Gasteiger partial charge in [-0.15, -0.1) is 0 Å². The van der Waals surface area contributed by atoms with Gasteiger partial charge in [0.05, 0.1) is 0 Å². The van der Waals surface area contributed by atoms with Crippen molar-refractivity contribution in [1.82, 2.24) is 9.13 Å². The number of fused-ring (bicyclic) bond motifs is 2. The van der Waals surface area contributed by atoms with E-state index < -0.39 is 0 Å². The molecule has 26 heavy (non-hydrogen) atoms. The van der Waals surface area contributed by atoms with E-state index in [2.05, 4.69) is 113 Å². The van der Waals surface area contributed by atoms with Gasteiger partial charge in [-0.25, -0.2) is 0 Å². The number of rotatable bonds is 4. The zero-order valence-electron chi connectivity index (χ0n) is 14.5. The molecule has 0 amide bonds. The molecule has 0 radical (unpaired) electrons. The summed E-state index contributed by atoms with van der Waals surface area (Å²) in [6.45, 7) is 0. The first-order chi connectivity index (χ1) is 12.9. The molecule has 126 valence electrons. The summed E-state index contributed by atoms with van der Waals surface area (Å²) in [6, 6.07) is 32.4. The van der Waals surface area contributed by atoms with E-state index in [-0.39, 0.29) is 6.17 Å². The molecule has 5 rings (SSSR count). The molecule has 2 heterocycles. The first-order valence-electron chi connectivity index (χ1n) is 9.05. The molecular formula is C24H20N2. The van der Waals surface area contributed by atoms with Gasteiger partial charge in [-0.05, 0) is 40.6 Å². The summed E-state index contributed by atoms with van der Waals surface area (Å²) in [5.41, 5.74) is 3.88. The molecule has 0 fully saturated rings. The van der Waals surface area contributed by atoms with Crippen LogP contribution < -0.4 is 0 Å². The lowest BCUT2D eigenvalue weighted by molar-refractivity contribution is 0.453. The van der Waals surface area contributed by atoms with Crippen LogP contribution in [0.3, 0.4) is 0 Å². The van der Waals surface area contributed by atoms with Crippen LogP contribution in [0, 0.1) is 0 Å². The van der Waals surface area contributed by atoms with Crippen LogP contribution in [-0.4, -0.2) is 9.13 Å². The Labute approximate surface area is 152 Å². The standard InChI is InChI=1S/C24H20N2/c1-2-8-19(9-3-1)18-24(25-16-14-20-10-4-6-12-22(20)25)26-17-15-21-11-5-7-13-23(21)26/h1-17,24H,18H2. The zero-order valence-corrected chi connectivity index (χ0v) is 14.5. The highest BCUT2D eigenvalue weighted by Crippen LogP contribution is 2.28. The van der Waals surface area contributed by atoms with Gasteiger partial charge in [0.1, 0.15) is 6.17 Å². The van der Waals surface area contributed by atoms with Gasteiger partial charge >= 0.3 is 0 Å². The molecule has 0 aliphatic heterocycles. The summed E-state index contributed by atoms with van der Waals surface area (Å²) in [7, 11) is 0. The van der Waals surface area contributed by atoms with Crippen molar-refractivity contribution in [3.8, 4) is 0 Å². The predicted molar refractivity (Wildman–Crippen MR) is 108 cm³/mol. The largest absolute Gasteiger partial charge is 0.326 e. The Morgan fingerprint density at radius 2 is 1.04 bits per heavy atom. The highest BCUT2D eigenvalue weighted by atomic mass is 15.2. The van der Waals surface area contributed by atoms with Crippen molar-refractivity contribution >= 4 is 21.8 Å². The van der Waals surface area contributed by atoms with Crippen molar-refractivity contribution in [3.05, 3.63) is 109 Å². The van der Waals surface area contributed by atoms with Crippen LogP contribution in [0.5, 0.6) is 0 Å². The van der Waals surface area contributed by atoms with Crippen molar-refractivity contribution in [1.29, 1.82) is 0 Å². The lowest BCUT2D eigenvalue weighted by Gasteiger charge is -2.23. The Morgan fingerprint density at radius 1 is 0.538 bits per heavy atom. The quantitative estimate of drug-likeness (QED) is 0.387. The van der Waals surface area contributed by atoms with E-state index in [0.29, 0.717) is 0 Å². The monoisotopic (exact) mass is 336 g/mol. The van der Waals surface area contributed by atoms with Crippen LogP contribution in [-0.2, 0) is 6.42 Å². The Balaban J connectivity index is 1.70. The third kappa shape index (κ3) is 2.51. The maximum Gasteiger partial charge on any atom is 0.114 e. The second-order valence-electron chi connectivity index (χ2n) is 6.73. The summed E-state index contributed by atoms with van der Waals surface area (Å²) in [5, 5.41) is 2.56. The summed E-state index contributed by atoms with van der Waals surface area (Å²) < 4.78 is 4.80. The lowest BCUT2D eigenvalue weighted by Crippen LogP contribution is -2.19. The molecule has 0 saturated carbocycles. The molecule has 2 nitrogen and oxygen atoms in total. The molecule has 0 saturated heterocycles. The fraction of sp³-hybridized carbons (Fsp3) is 0.0833. The van der Waals surface area contributed by atoms with E-state index in [1.165, 1.54) is 27.4 Å². The van der Waals surface area contributed by atoms with Crippen molar-refractivity contribution in [2.75, 3.05) is 0 Å². The highest BCUT2D eigenvalue weighted by Gasteiger charge is 2.17. The molecule has 5 aromatic rings. The third-order valence-electron chi connectivity index (χ3n) is 5.16. The van der Waals surface area contributed by atoms with Gasteiger partial charge in [0.25, 0.3) is 0 Å². The Hall–Kier alpha value is -3.26. The first-order valence-corrected chi connectivity index (χ1v) is 9.05. The molecule has 2 aromatic heterocycles. The van der Waals surface area contributed by atoms with Gasteiger partial charge < -0.3 is 9.13 Å². The van der Waals surface area contributed by atoms with E-state index in [4.69, 9.17) is 0 Å². The maximum atomic E-state index is 2.40. The average molecular weight is 336 g/mol. The highest BCUT2D eigenvalue weighted by molar-refractivity contribution is 5.81. The maximum absolute atomic E-state index is 2.40. The molecule has 3 aromatic carbocycles. The molecule has 2 heteroatoms. The molecule has 0 N–H and O–H groups in total. The van der Waals surface area contributed by atoms with Crippen LogP contribution in [0.4, 0.5) is 0 Å². The van der Waals surface area contributed by atoms with Crippen LogP contribution >= 0.6 is 0 Å². The zero-order chi connectivity index (χ0) is 17.3. The van der Waals surface area contributed by atoms with Gasteiger partial charge in [0.15, 0.2) is 0 Å². The Kier molecular flexibility index (Phi) is 3.60. The second kappa shape index (κ2) is 6.23. The van der Waals surface area contributed by atoms with E-state index in [1.807, 2.05) is 0 Å². The number of hydrogen-bond donors (Lipinski definition) is 0. The van der Waals surface area contributed by atoms with Gasteiger partial charge in [0, 0.05) is 29.8 Å². The van der Waals surface area contributed by atoms with Crippen LogP contribution in [0.25, 0.3) is 21.8 Å². The van der Waals surface area contributed by atoms with Crippen molar-refractivity contribution in [2.24, 2.45) is 0 Å². The second-order valence-corrected chi connectivity index (χ2v) is 6.73. The number of hydrogen-bond acceptors (Lipinski definition) is 0. The number of benzene rings is 3. The summed E-state index contributed by atoms with van der Waals surface area (Å²) in [6.07, 6.45) is 5.57. The molecule has 0 atom stereocenters. The average Bonchev–Trinajstić information content (AvgIpc) is 3.32. The van der Waals surface area contributed by atoms with Gasteiger partial charge in [0.2, 0.25) is 0 Å². The van der Waals surface area contributed by atoms with Gasteiger partial charge in [-0.3, -0.25) is 0 Å². The fourth-order valence-electron chi connectivity index (χ4n) is 3.88.